The summed E-state index contributed by atoms with van der Waals surface area (Å²) in [4.78, 5) is 24.1. The van der Waals surface area contributed by atoms with E-state index in [0.29, 0.717) is 17.1 Å². The minimum atomic E-state index is -3.97. The SMILES string of the molecule is CC(=O)NS(=O)(=O)N1CC[C@H](NC(=O)c2cc3c(Cl)c(C)ccc3n2C)[C@H](CO)C1. The summed E-state index contributed by atoms with van der Waals surface area (Å²) in [7, 11) is -2.20. The molecule has 1 aromatic carbocycles. The molecule has 0 radical (unpaired) electrons. The number of carbonyl (C=O) groups excluding carboxylic acids is 2. The van der Waals surface area contributed by atoms with Crippen molar-refractivity contribution in [2.75, 3.05) is 19.7 Å². The van der Waals surface area contributed by atoms with Gasteiger partial charge in [-0.2, -0.15) is 12.7 Å². The summed E-state index contributed by atoms with van der Waals surface area (Å²) in [6.45, 7) is 2.81. The van der Waals surface area contributed by atoms with Crippen LogP contribution in [0.15, 0.2) is 18.2 Å². The van der Waals surface area contributed by atoms with Crippen LogP contribution < -0.4 is 10.0 Å². The van der Waals surface area contributed by atoms with E-state index < -0.39 is 28.1 Å². The van der Waals surface area contributed by atoms with Gasteiger partial charge < -0.3 is 15.0 Å². The third kappa shape index (κ3) is 4.31. The first-order valence-corrected chi connectivity index (χ1v) is 11.3. The predicted molar refractivity (Wildman–Crippen MR) is 113 cm³/mol. The standard InChI is InChI=1S/C19H25ClN4O5S/c1-11-4-5-16-14(18(11)20)8-17(23(16)3)19(27)21-15-6-7-24(9-13(15)10-25)30(28,29)22-12(2)26/h4-5,8,13,15,25H,6-7,9-10H2,1-3H3,(H,21,27)(H,22,26)/t13-,15-/m0/s1. The molecule has 1 fully saturated rings. The minimum absolute atomic E-state index is 0.00973. The average Bonchev–Trinajstić information content (AvgIpc) is 3.01. The molecule has 30 heavy (non-hydrogen) atoms. The van der Waals surface area contributed by atoms with E-state index >= 15 is 0 Å². The van der Waals surface area contributed by atoms with E-state index in [2.05, 4.69) is 5.32 Å². The second kappa shape index (κ2) is 8.54. The van der Waals surface area contributed by atoms with Crippen LogP contribution in [0.5, 0.6) is 0 Å². The Morgan fingerprint density at radius 2 is 2.03 bits per heavy atom. The maximum Gasteiger partial charge on any atom is 0.303 e. The summed E-state index contributed by atoms with van der Waals surface area (Å²) in [6.07, 6.45) is 0.305. The number of nitrogens with zero attached hydrogens (tertiary/aromatic N) is 2. The molecule has 1 aliphatic rings. The second-order valence-electron chi connectivity index (χ2n) is 7.55. The summed E-state index contributed by atoms with van der Waals surface area (Å²) < 4.78 is 29.2. The van der Waals surface area contributed by atoms with Crippen LogP contribution in [0.1, 0.15) is 29.4 Å². The summed E-state index contributed by atoms with van der Waals surface area (Å²) in [5.41, 5.74) is 2.16. The van der Waals surface area contributed by atoms with Crippen LogP contribution in [-0.2, 0) is 22.1 Å². The van der Waals surface area contributed by atoms with Gasteiger partial charge in [0.15, 0.2) is 0 Å². The molecule has 0 spiro atoms. The fraction of sp³-hybridized carbons (Fsp3) is 0.474. The third-order valence-corrected chi connectivity index (χ3v) is 7.51. The average molecular weight is 457 g/mol. The molecule has 3 rings (SSSR count). The normalized spacial score (nSPS) is 20.3. The highest BCUT2D eigenvalue weighted by molar-refractivity contribution is 7.87. The Balaban J connectivity index is 1.78. The molecule has 3 N–H and O–H groups in total. The number of hydrogen-bond donors (Lipinski definition) is 3. The first kappa shape index (κ1) is 22.5. The Bertz CT molecular complexity index is 1100. The molecule has 2 amide bonds. The first-order chi connectivity index (χ1) is 14.0. The Morgan fingerprint density at radius 3 is 2.67 bits per heavy atom. The number of hydrogen-bond acceptors (Lipinski definition) is 5. The van der Waals surface area contributed by atoms with Gasteiger partial charge in [0.25, 0.3) is 5.91 Å². The maximum absolute atomic E-state index is 12.9. The summed E-state index contributed by atoms with van der Waals surface area (Å²) in [5.74, 6) is -1.52. The number of rotatable bonds is 5. The highest BCUT2D eigenvalue weighted by atomic mass is 35.5. The molecular formula is C19H25ClN4O5S. The molecule has 9 nitrogen and oxygen atoms in total. The van der Waals surface area contributed by atoms with E-state index in [-0.39, 0.29) is 25.6 Å². The molecule has 1 aromatic heterocycles. The monoisotopic (exact) mass is 456 g/mol. The van der Waals surface area contributed by atoms with Crippen LogP contribution in [0.3, 0.4) is 0 Å². The van der Waals surface area contributed by atoms with E-state index in [1.807, 2.05) is 23.8 Å². The van der Waals surface area contributed by atoms with Gasteiger partial charge in [0.2, 0.25) is 5.91 Å². The summed E-state index contributed by atoms with van der Waals surface area (Å²) >= 11 is 6.38. The van der Waals surface area contributed by atoms with Crippen LogP contribution in [0.25, 0.3) is 10.9 Å². The smallest absolute Gasteiger partial charge is 0.303 e. The molecule has 1 saturated heterocycles. The number of aryl methyl sites for hydroxylation is 2. The van der Waals surface area contributed by atoms with Crippen LogP contribution >= 0.6 is 11.6 Å². The molecule has 0 bridgehead atoms. The molecule has 2 atom stereocenters. The fourth-order valence-corrected chi connectivity index (χ4v) is 5.22. The van der Waals surface area contributed by atoms with Crippen molar-refractivity contribution in [1.29, 1.82) is 0 Å². The number of aliphatic hydroxyl groups is 1. The van der Waals surface area contributed by atoms with Gasteiger partial charge in [-0.3, -0.25) is 9.59 Å². The largest absolute Gasteiger partial charge is 0.396 e. The summed E-state index contributed by atoms with van der Waals surface area (Å²) in [5, 5.41) is 14.0. The van der Waals surface area contributed by atoms with Crippen molar-refractivity contribution < 1.29 is 23.1 Å². The third-order valence-electron chi connectivity index (χ3n) is 5.45. The van der Waals surface area contributed by atoms with Gasteiger partial charge in [-0.1, -0.05) is 17.7 Å². The van der Waals surface area contributed by atoms with Gasteiger partial charge in [-0.15, -0.1) is 0 Å². The molecule has 0 aliphatic carbocycles. The van der Waals surface area contributed by atoms with Crippen molar-refractivity contribution in [3.05, 3.63) is 34.5 Å². The first-order valence-electron chi connectivity index (χ1n) is 9.50. The number of nitrogens with one attached hydrogen (secondary N) is 2. The number of benzene rings is 1. The van der Waals surface area contributed by atoms with E-state index in [0.717, 1.165) is 27.7 Å². The van der Waals surface area contributed by atoms with Crippen molar-refractivity contribution in [3.8, 4) is 0 Å². The van der Waals surface area contributed by atoms with Gasteiger partial charge in [-0.05, 0) is 31.0 Å². The molecular weight excluding hydrogens is 432 g/mol. The van der Waals surface area contributed by atoms with Crippen LogP contribution in [-0.4, -0.2) is 59.9 Å². The van der Waals surface area contributed by atoms with Crippen molar-refractivity contribution in [1.82, 2.24) is 18.9 Å². The maximum atomic E-state index is 12.9. The van der Waals surface area contributed by atoms with Crippen molar-refractivity contribution >= 4 is 44.5 Å². The Labute approximate surface area is 180 Å². The number of fused-ring (bicyclic) bond motifs is 1. The molecule has 1 aliphatic heterocycles. The van der Waals surface area contributed by atoms with Crippen molar-refractivity contribution in [2.45, 2.75) is 26.3 Å². The zero-order valence-electron chi connectivity index (χ0n) is 17.0. The highest BCUT2D eigenvalue weighted by Gasteiger charge is 2.36. The van der Waals surface area contributed by atoms with E-state index in [1.54, 1.807) is 17.7 Å². The van der Waals surface area contributed by atoms with Crippen LogP contribution in [0.2, 0.25) is 5.02 Å². The highest BCUT2D eigenvalue weighted by Crippen LogP contribution is 2.29. The topological polar surface area (TPSA) is 121 Å². The van der Waals surface area contributed by atoms with Gasteiger partial charge in [0.1, 0.15) is 5.69 Å². The quantitative estimate of drug-likeness (QED) is 0.618. The number of aliphatic hydroxyl groups excluding tert-OH is 1. The lowest BCUT2D eigenvalue weighted by atomic mass is 9.94. The number of aromatic nitrogens is 1. The minimum Gasteiger partial charge on any atom is -0.396 e. The molecule has 11 heteroatoms. The van der Waals surface area contributed by atoms with Gasteiger partial charge in [0, 0.05) is 56.5 Å². The number of carbonyl (C=O) groups is 2. The lowest BCUT2D eigenvalue weighted by Crippen LogP contribution is -2.56. The number of piperidine rings is 1. The Morgan fingerprint density at radius 1 is 1.33 bits per heavy atom. The Kier molecular flexibility index (Phi) is 6.42. The van der Waals surface area contributed by atoms with Gasteiger partial charge in [-0.25, -0.2) is 4.72 Å². The number of amides is 2. The molecule has 2 heterocycles. The lowest BCUT2D eigenvalue weighted by Gasteiger charge is -2.37. The van der Waals surface area contributed by atoms with Crippen LogP contribution in [0.4, 0.5) is 0 Å². The molecule has 0 saturated carbocycles. The molecule has 2 aromatic rings. The van der Waals surface area contributed by atoms with Gasteiger partial charge in [0.05, 0.1) is 5.02 Å². The van der Waals surface area contributed by atoms with Crippen LogP contribution in [0, 0.1) is 12.8 Å². The van der Waals surface area contributed by atoms with Gasteiger partial charge >= 0.3 is 10.2 Å². The second-order valence-corrected chi connectivity index (χ2v) is 9.60. The Hall–Kier alpha value is -2.14. The van der Waals surface area contributed by atoms with E-state index in [9.17, 15) is 23.1 Å². The summed E-state index contributed by atoms with van der Waals surface area (Å²) in [6, 6.07) is 5.10. The zero-order valence-corrected chi connectivity index (χ0v) is 18.5. The molecule has 0 unspecified atom stereocenters. The molecule has 164 valence electrons. The van der Waals surface area contributed by atoms with E-state index in [4.69, 9.17) is 11.6 Å². The fourth-order valence-electron chi connectivity index (χ4n) is 3.78. The number of halogens is 1. The van der Waals surface area contributed by atoms with Crippen molar-refractivity contribution in [2.24, 2.45) is 13.0 Å². The zero-order chi connectivity index (χ0) is 22.2. The predicted octanol–water partition coefficient (Wildman–Crippen LogP) is 0.934. The lowest BCUT2D eigenvalue weighted by molar-refractivity contribution is -0.117. The van der Waals surface area contributed by atoms with E-state index in [1.165, 1.54) is 0 Å². The van der Waals surface area contributed by atoms with Crippen molar-refractivity contribution in [3.63, 3.8) is 0 Å².